The number of nitrogens with zero attached hydrogens (tertiary/aromatic N) is 4. The van der Waals surface area contributed by atoms with Gasteiger partial charge < -0.3 is 4.74 Å². The fraction of sp³-hybridized carbons (Fsp3) is 0.0556. The number of aromatic nitrogens is 2. The van der Waals surface area contributed by atoms with Crippen molar-refractivity contribution in [1.29, 1.82) is 0 Å². The van der Waals surface area contributed by atoms with Gasteiger partial charge in [0.25, 0.3) is 11.6 Å². The van der Waals surface area contributed by atoms with Crippen molar-refractivity contribution in [2.24, 2.45) is 0 Å². The quantitative estimate of drug-likeness (QED) is 0.440. The van der Waals surface area contributed by atoms with Gasteiger partial charge in [0, 0.05) is 6.07 Å². The first kappa shape index (κ1) is 20.1. The van der Waals surface area contributed by atoms with Gasteiger partial charge in [-0.15, -0.1) is 0 Å². The first-order chi connectivity index (χ1) is 14.4. The van der Waals surface area contributed by atoms with Crippen LogP contribution >= 0.6 is 0 Å². The zero-order valence-corrected chi connectivity index (χ0v) is 15.4. The molecule has 152 valence electrons. The van der Waals surface area contributed by atoms with Gasteiger partial charge in [0.2, 0.25) is 5.82 Å². The maximum Gasteiger partial charge on any atom is 0.374 e. The third kappa shape index (κ3) is 4.44. The van der Waals surface area contributed by atoms with Gasteiger partial charge in [-0.3, -0.25) is 35.9 Å². The van der Waals surface area contributed by atoms with E-state index in [0.717, 1.165) is 18.0 Å². The molecule has 0 unspecified atom stereocenters. The molecular weight excluding hydrogens is 396 g/mol. The Bertz CT molecular complexity index is 1120. The molecule has 0 fully saturated rings. The predicted molar refractivity (Wildman–Crippen MR) is 104 cm³/mol. The van der Waals surface area contributed by atoms with Gasteiger partial charge in [-0.25, -0.2) is 4.98 Å². The maximum atomic E-state index is 12.3. The molecule has 12 nitrogen and oxygen atoms in total. The van der Waals surface area contributed by atoms with Gasteiger partial charge in [0.15, 0.2) is 0 Å². The zero-order chi connectivity index (χ0) is 21.7. The van der Waals surface area contributed by atoms with Gasteiger partial charge >= 0.3 is 11.6 Å². The number of rotatable bonds is 7. The minimum atomic E-state index is -0.879. The molecule has 12 heteroatoms. The van der Waals surface area contributed by atoms with E-state index in [-0.39, 0.29) is 17.3 Å². The number of nitro benzene ring substituents is 1. The summed E-state index contributed by atoms with van der Waals surface area (Å²) in [5.41, 5.74) is 4.16. The van der Waals surface area contributed by atoms with E-state index in [1.54, 1.807) is 24.3 Å². The summed E-state index contributed by atoms with van der Waals surface area (Å²) in [6.07, 6.45) is 1.01. The van der Waals surface area contributed by atoms with Crippen LogP contribution in [0, 0.1) is 27.2 Å². The van der Waals surface area contributed by atoms with Crippen molar-refractivity contribution in [3.63, 3.8) is 0 Å². The summed E-state index contributed by atoms with van der Waals surface area (Å²) in [4.78, 5) is 41.0. The second-order valence-electron chi connectivity index (χ2n) is 5.90. The van der Waals surface area contributed by atoms with E-state index in [4.69, 9.17) is 4.74 Å². The van der Waals surface area contributed by atoms with Crippen molar-refractivity contribution in [2.45, 2.75) is 6.92 Å². The summed E-state index contributed by atoms with van der Waals surface area (Å²) in [6, 6.07) is 12.0. The number of aryl methyl sites for hydroxylation is 1. The number of para-hydroxylation sites is 1. The highest BCUT2D eigenvalue weighted by Gasteiger charge is 2.26. The molecule has 1 aromatic heterocycles. The average Bonchev–Trinajstić information content (AvgIpc) is 2.73. The number of anilines is 1. The van der Waals surface area contributed by atoms with Crippen molar-refractivity contribution in [2.75, 3.05) is 5.43 Å². The van der Waals surface area contributed by atoms with Crippen LogP contribution in [-0.4, -0.2) is 25.7 Å². The van der Waals surface area contributed by atoms with Crippen LogP contribution in [0.3, 0.4) is 0 Å². The largest absolute Gasteiger partial charge is 0.434 e. The van der Waals surface area contributed by atoms with Crippen LogP contribution in [0.2, 0.25) is 0 Å². The number of nitrogens with one attached hydrogen (secondary N) is 2. The van der Waals surface area contributed by atoms with Crippen molar-refractivity contribution in [3.05, 3.63) is 86.2 Å². The van der Waals surface area contributed by atoms with Crippen molar-refractivity contribution >= 4 is 23.1 Å². The fourth-order valence-corrected chi connectivity index (χ4v) is 2.42. The molecule has 1 heterocycles. The summed E-state index contributed by atoms with van der Waals surface area (Å²) >= 11 is 0. The Morgan fingerprint density at radius 3 is 2.37 bits per heavy atom. The Morgan fingerprint density at radius 1 is 1.00 bits per heavy atom. The Hall–Kier alpha value is -4.61. The zero-order valence-electron chi connectivity index (χ0n) is 15.4. The average molecular weight is 410 g/mol. The Morgan fingerprint density at radius 2 is 1.70 bits per heavy atom. The van der Waals surface area contributed by atoms with Gasteiger partial charge in [-0.1, -0.05) is 29.8 Å². The van der Waals surface area contributed by atoms with Crippen LogP contribution in [0.5, 0.6) is 11.6 Å². The van der Waals surface area contributed by atoms with Gasteiger partial charge in [-0.05, 0) is 25.1 Å². The summed E-state index contributed by atoms with van der Waals surface area (Å²) in [5.74, 6) is -1.26. The van der Waals surface area contributed by atoms with Crippen LogP contribution < -0.4 is 15.6 Å². The van der Waals surface area contributed by atoms with Gasteiger partial charge in [0.1, 0.15) is 17.6 Å². The molecule has 3 aromatic rings. The van der Waals surface area contributed by atoms with Crippen LogP contribution in [0.25, 0.3) is 0 Å². The molecule has 3 rings (SSSR count). The van der Waals surface area contributed by atoms with Gasteiger partial charge in [-0.2, -0.15) is 4.98 Å². The number of hydrazine groups is 1. The number of carbonyl (C=O) groups excluding carboxylic acids is 1. The monoisotopic (exact) mass is 410 g/mol. The molecule has 0 aliphatic heterocycles. The Labute approximate surface area is 168 Å². The van der Waals surface area contributed by atoms with E-state index in [9.17, 15) is 25.0 Å². The normalized spacial score (nSPS) is 10.2. The summed E-state index contributed by atoms with van der Waals surface area (Å²) in [5, 5.41) is 22.6. The van der Waals surface area contributed by atoms with Crippen molar-refractivity contribution < 1.29 is 19.4 Å². The molecule has 1 amide bonds. The van der Waals surface area contributed by atoms with E-state index >= 15 is 0 Å². The second-order valence-corrected chi connectivity index (χ2v) is 5.90. The molecule has 0 atom stereocenters. The Kier molecular flexibility index (Phi) is 5.77. The Balaban J connectivity index is 1.84. The third-order valence-corrected chi connectivity index (χ3v) is 3.85. The summed E-state index contributed by atoms with van der Waals surface area (Å²) < 4.78 is 5.47. The number of nitro groups is 2. The lowest BCUT2D eigenvalue weighted by Crippen LogP contribution is -2.30. The number of amides is 1. The number of carbonyl (C=O) groups is 1. The molecule has 2 N–H and O–H groups in total. The molecule has 0 aliphatic rings. The van der Waals surface area contributed by atoms with Crippen LogP contribution in [0.15, 0.2) is 54.9 Å². The van der Waals surface area contributed by atoms with Crippen LogP contribution in [0.1, 0.15) is 15.9 Å². The molecule has 2 aromatic carbocycles. The number of benzene rings is 2. The van der Waals surface area contributed by atoms with Crippen LogP contribution in [-0.2, 0) is 0 Å². The van der Waals surface area contributed by atoms with E-state index < -0.39 is 27.1 Å². The highest BCUT2D eigenvalue weighted by molar-refractivity contribution is 5.98. The number of ether oxygens (including phenoxy) is 1. The van der Waals surface area contributed by atoms with Crippen molar-refractivity contribution in [1.82, 2.24) is 15.4 Å². The molecule has 0 spiro atoms. The SMILES string of the molecule is Cc1ccc(Oc2ncnc(NNC(=O)c3ccccc3[N+](=O)[O-])c2[N+](=O)[O-])cc1. The topological polar surface area (TPSA) is 162 Å². The van der Waals surface area contributed by atoms with Crippen LogP contribution in [0.4, 0.5) is 17.2 Å². The number of hydrogen-bond donors (Lipinski definition) is 2. The first-order valence-electron chi connectivity index (χ1n) is 8.40. The molecule has 0 radical (unpaired) electrons. The lowest BCUT2D eigenvalue weighted by atomic mass is 10.2. The molecule has 0 bridgehead atoms. The van der Waals surface area contributed by atoms with Gasteiger partial charge in [0.05, 0.1) is 9.85 Å². The fourth-order valence-electron chi connectivity index (χ4n) is 2.42. The van der Waals surface area contributed by atoms with E-state index in [1.807, 2.05) is 6.92 Å². The smallest absolute Gasteiger partial charge is 0.374 e. The van der Waals surface area contributed by atoms with E-state index in [2.05, 4.69) is 20.8 Å². The summed E-state index contributed by atoms with van der Waals surface area (Å²) in [6.45, 7) is 1.87. The van der Waals surface area contributed by atoms with Crippen molar-refractivity contribution in [3.8, 4) is 11.6 Å². The minimum absolute atomic E-state index is 0.233. The molecule has 0 saturated heterocycles. The first-order valence-corrected chi connectivity index (χ1v) is 8.40. The number of hydrogen-bond acceptors (Lipinski definition) is 9. The lowest BCUT2D eigenvalue weighted by molar-refractivity contribution is -0.385. The minimum Gasteiger partial charge on any atom is -0.434 e. The highest BCUT2D eigenvalue weighted by atomic mass is 16.6. The predicted octanol–water partition coefficient (Wildman–Crippen LogP) is 3.15. The molecule has 0 aliphatic carbocycles. The standard InChI is InChI=1S/C18H14N6O6/c1-11-6-8-12(9-7-11)30-18-15(24(28)29)16(19-10-20-18)21-22-17(25)13-4-2-3-5-14(13)23(26)27/h2-10H,1H3,(H,22,25)(H,19,20,21). The third-order valence-electron chi connectivity index (χ3n) is 3.85. The molecule has 0 saturated carbocycles. The summed E-state index contributed by atoms with van der Waals surface area (Å²) in [7, 11) is 0. The lowest BCUT2D eigenvalue weighted by Gasteiger charge is -2.10. The van der Waals surface area contributed by atoms with E-state index in [0.29, 0.717) is 5.75 Å². The highest BCUT2D eigenvalue weighted by Crippen LogP contribution is 2.33. The molecule has 30 heavy (non-hydrogen) atoms. The second kappa shape index (κ2) is 8.60. The van der Waals surface area contributed by atoms with E-state index in [1.165, 1.54) is 18.2 Å². The molecular formula is C18H14N6O6. The maximum absolute atomic E-state index is 12.3.